The van der Waals surface area contributed by atoms with Gasteiger partial charge in [0.1, 0.15) is 0 Å². The van der Waals surface area contributed by atoms with E-state index in [2.05, 4.69) is 65.2 Å². The van der Waals surface area contributed by atoms with Crippen LogP contribution in [0, 0.1) is 6.92 Å². The molecule has 2 aromatic heterocycles. The van der Waals surface area contributed by atoms with Crippen LogP contribution in [0.5, 0.6) is 11.5 Å². The molecular formula is C25H23N3O2S2. The number of aromatic nitrogens is 1. The highest BCUT2D eigenvalue weighted by Gasteiger charge is 2.32. The van der Waals surface area contributed by atoms with Crippen LogP contribution in [-0.4, -0.2) is 24.9 Å². The zero-order valence-corrected chi connectivity index (χ0v) is 19.7. The Bertz CT molecular complexity index is 1250. The lowest BCUT2D eigenvalue weighted by molar-refractivity contribution is 0.354. The Hall–Kier alpha value is -3.16. The smallest absolute Gasteiger partial charge is 0.207 e. The first-order chi connectivity index (χ1) is 15.7. The highest BCUT2D eigenvalue weighted by Crippen LogP contribution is 2.42. The Kier molecular flexibility index (Phi) is 5.68. The van der Waals surface area contributed by atoms with Gasteiger partial charge in [-0.3, -0.25) is 0 Å². The van der Waals surface area contributed by atoms with Gasteiger partial charge in [-0.05, 0) is 36.1 Å². The van der Waals surface area contributed by atoms with Crippen molar-refractivity contribution in [3.8, 4) is 22.8 Å². The molecule has 4 aromatic rings. The number of hydrogen-bond donors (Lipinski definition) is 0. The quantitative estimate of drug-likeness (QED) is 0.326. The number of rotatable bonds is 6. The molecule has 0 radical (unpaired) electrons. The number of ether oxygens (including phenoxy) is 2. The van der Waals surface area contributed by atoms with Gasteiger partial charge in [-0.25, -0.2) is 9.99 Å². The minimum atomic E-state index is 0.0314. The first kappa shape index (κ1) is 20.7. The molecule has 0 aliphatic carbocycles. The molecule has 1 aliphatic rings. The van der Waals surface area contributed by atoms with E-state index in [1.54, 1.807) is 36.9 Å². The average Bonchev–Trinajstić information content (AvgIpc) is 3.59. The second-order valence-electron chi connectivity index (χ2n) is 7.58. The SMILES string of the molecule is COc1ccc([C@@H]2CC(c3cccs3)=NN2c2nc(-c3ccc(C)cc3)cs2)cc1OC. The summed E-state index contributed by atoms with van der Waals surface area (Å²) in [6.07, 6.45) is 0.801. The van der Waals surface area contributed by atoms with E-state index in [9.17, 15) is 0 Å². The number of hydrazone groups is 1. The van der Waals surface area contributed by atoms with Crippen LogP contribution in [0.15, 0.2) is 70.5 Å². The van der Waals surface area contributed by atoms with Gasteiger partial charge < -0.3 is 9.47 Å². The standard InChI is InChI=1S/C25H23N3O2S2/c1-16-6-8-17(9-7-16)20-15-32-25(26-20)28-21(14-19(27-28)24-5-4-12-31-24)18-10-11-22(29-2)23(13-18)30-3/h4-13,15,21H,14H2,1-3H3/t21-/m0/s1. The summed E-state index contributed by atoms with van der Waals surface area (Å²) in [5.74, 6) is 1.44. The van der Waals surface area contributed by atoms with E-state index in [0.29, 0.717) is 5.75 Å². The summed E-state index contributed by atoms with van der Waals surface area (Å²) in [4.78, 5) is 6.13. The van der Waals surface area contributed by atoms with Gasteiger partial charge in [0.15, 0.2) is 11.5 Å². The van der Waals surface area contributed by atoms with Crippen molar-refractivity contribution in [1.82, 2.24) is 4.98 Å². The van der Waals surface area contributed by atoms with Crippen LogP contribution in [0.3, 0.4) is 0 Å². The first-order valence-electron chi connectivity index (χ1n) is 10.3. The van der Waals surface area contributed by atoms with Gasteiger partial charge in [-0.15, -0.1) is 22.7 Å². The third-order valence-electron chi connectivity index (χ3n) is 5.54. The number of thiazole rings is 1. The number of thiophene rings is 1. The molecule has 0 fully saturated rings. The molecule has 5 rings (SSSR count). The van der Waals surface area contributed by atoms with Crippen LogP contribution in [0.2, 0.25) is 0 Å². The fraction of sp³-hybridized carbons (Fsp3) is 0.200. The van der Waals surface area contributed by atoms with Crippen molar-refractivity contribution >= 4 is 33.5 Å². The molecule has 32 heavy (non-hydrogen) atoms. The summed E-state index contributed by atoms with van der Waals surface area (Å²) in [6, 6.07) is 18.8. The summed E-state index contributed by atoms with van der Waals surface area (Å²) < 4.78 is 11.0. The second-order valence-corrected chi connectivity index (χ2v) is 9.37. The Morgan fingerprint density at radius 2 is 1.78 bits per heavy atom. The van der Waals surface area contributed by atoms with Crippen molar-refractivity contribution in [2.75, 3.05) is 19.2 Å². The van der Waals surface area contributed by atoms with Gasteiger partial charge in [0.25, 0.3) is 0 Å². The predicted molar refractivity (Wildman–Crippen MR) is 133 cm³/mol. The number of benzene rings is 2. The Balaban J connectivity index is 1.53. The van der Waals surface area contributed by atoms with Crippen molar-refractivity contribution in [2.45, 2.75) is 19.4 Å². The first-order valence-corrected chi connectivity index (χ1v) is 12.1. The average molecular weight is 462 g/mol. The molecule has 1 aliphatic heterocycles. The Labute approximate surface area is 195 Å². The van der Waals surface area contributed by atoms with E-state index in [1.165, 1.54) is 10.4 Å². The second kappa shape index (κ2) is 8.76. The number of hydrogen-bond acceptors (Lipinski definition) is 7. The van der Waals surface area contributed by atoms with Crippen LogP contribution in [0.25, 0.3) is 11.3 Å². The predicted octanol–water partition coefficient (Wildman–Crippen LogP) is 6.55. The van der Waals surface area contributed by atoms with Crippen LogP contribution in [0.4, 0.5) is 5.13 Å². The van der Waals surface area contributed by atoms with Crippen LogP contribution in [0.1, 0.15) is 28.5 Å². The molecule has 0 unspecified atom stereocenters. The van der Waals surface area contributed by atoms with Crippen molar-refractivity contribution < 1.29 is 9.47 Å². The fourth-order valence-corrected chi connectivity index (χ4v) is 5.38. The molecule has 0 saturated carbocycles. The topological polar surface area (TPSA) is 47.0 Å². The third kappa shape index (κ3) is 3.89. The van der Waals surface area contributed by atoms with Gasteiger partial charge in [0.05, 0.1) is 36.5 Å². The van der Waals surface area contributed by atoms with Gasteiger partial charge in [-0.2, -0.15) is 5.10 Å². The number of nitrogens with zero attached hydrogens (tertiary/aromatic N) is 3. The lowest BCUT2D eigenvalue weighted by Crippen LogP contribution is -2.18. The van der Waals surface area contributed by atoms with Crippen LogP contribution in [-0.2, 0) is 0 Å². The molecule has 5 nitrogen and oxygen atoms in total. The summed E-state index contributed by atoms with van der Waals surface area (Å²) >= 11 is 3.33. The van der Waals surface area contributed by atoms with E-state index in [0.717, 1.165) is 39.8 Å². The van der Waals surface area contributed by atoms with Crippen molar-refractivity contribution in [2.24, 2.45) is 5.10 Å². The largest absolute Gasteiger partial charge is 0.493 e. The molecule has 0 saturated heterocycles. The molecule has 3 heterocycles. The summed E-state index contributed by atoms with van der Waals surface area (Å²) in [7, 11) is 3.32. The van der Waals surface area contributed by atoms with Gasteiger partial charge >= 0.3 is 0 Å². The van der Waals surface area contributed by atoms with Gasteiger partial charge in [-0.1, -0.05) is 42.0 Å². The van der Waals surface area contributed by atoms with E-state index in [1.807, 2.05) is 12.1 Å². The zero-order chi connectivity index (χ0) is 22.1. The number of aryl methyl sites for hydroxylation is 1. The molecule has 0 spiro atoms. The van der Waals surface area contributed by atoms with E-state index >= 15 is 0 Å². The maximum atomic E-state index is 5.56. The summed E-state index contributed by atoms with van der Waals surface area (Å²) in [6.45, 7) is 2.09. The van der Waals surface area contributed by atoms with Gasteiger partial charge in [0, 0.05) is 17.4 Å². The molecule has 0 amide bonds. The minimum absolute atomic E-state index is 0.0314. The summed E-state index contributed by atoms with van der Waals surface area (Å²) in [5, 5.41) is 12.1. The van der Waals surface area contributed by atoms with Crippen molar-refractivity contribution in [3.63, 3.8) is 0 Å². The Morgan fingerprint density at radius 3 is 2.50 bits per heavy atom. The zero-order valence-electron chi connectivity index (χ0n) is 18.1. The number of anilines is 1. The molecule has 2 aromatic carbocycles. The fourth-order valence-electron chi connectivity index (χ4n) is 3.82. The third-order valence-corrected chi connectivity index (χ3v) is 7.29. The maximum Gasteiger partial charge on any atom is 0.207 e. The van der Waals surface area contributed by atoms with E-state index in [-0.39, 0.29) is 6.04 Å². The monoisotopic (exact) mass is 461 g/mol. The Morgan fingerprint density at radius 1 is 0.969 bits per heavy atom. The lowest BCUT2D eigenvalue weighted by Gasteiger charge is -2.22. The molecule has 7 heteroatoms. The minimum Gasteiger partial charge on any atom is -0.493 e. The van der Waals surface area contributed by atoms with Gasteiger partial charge in [0.2, 0.25) is 5.13 Å². The van der Waals surface area contributed by atoms with E-state index < -0.39 is 0 Å². The molecule has 162 valence electrons. The molecule has 0 bridgehead atoms. The maximum absolute atomic E-state index is 5.56. The number of methoxy groups -OCH3 is 2. The van der Waals surface area contributed by atoms with Crippen molar-refractivity contribution in [3.05, 3.63) is 81.4 Å². The van der Waals surface area contributed by atoms with Crippen LogP contribution >= 0.6 is 22.7 Å². The van der Waals surface area contributed by atoms with Crippen LogP contribution < -0.4 is 14.5 Å². The summed E-state index contributed by atoms with van der Waals surface area (Å²) in [5.41, 5.74) is 5.51. The van der Waals surface area contributed by atoms with Crippen molar-refractivity contribution in [1.29, 1.82) is 0 Å². The molecular weight excluding hydrogens is 438 g/mol. The molecule has 1 atom stereocenters. The lowest BCUT2D eigenvalue weighted by atomic mass is 10.0. The highest BCUT2D eigenvalue weighted by molar-refractivity contribution is 7.14. The molecule has 0 N–H and O–H groups in total. The van der Waals surface area contributed by atoms with E-state index in [4.69, 9.17) is 19.6 Å². The normalized spacial score (nSPS) is 15.7. The highest BCUT2D eigenvalue weighted by atomic mass is 32.1.